The molecule has 0 aliphatic carbocycles. The van der Waals surface area contributed by atoms with Crippen LogP contribution in [0.2, 0.25) is 10.0 Å². The fourth-order valence-electron chi connectivity index (χ4n) is 1.98. The molecule has 0 saturated carbocycles. The number of nitrogens with zero attached hydrogens (tertiary/aromatic N) is 1. The van der Waals surface area contributed by atoms with Gasteiger partial charge < -0.3 is 15.2 Å². The van der Waals surface area contributed by atoms with Crippen LogP contribution in [0.1, 0.15) is 5.56 Å². The van der Waals surface area contributed by atoms with Gasteiger partial charge in [0.2, 0.25) is 0 Å². The summed E-state index contributed by atoms with van der Waals surface area (Å²) in [7, 11) is 0. The zero-order valence-electron chi connectivity index (χ0n) is 13.5. The van der Waals surface area contributed by atoms with Gasteiger partial charge in [0.15, 0.2) is 12.4 Å². The third-order valence-electron chi connectivity index (χ3n) is 3.14. The lowest BCUT2D eigenvalue weighted by Gasteiger charge is -2.09. The average molecular weight is 470 g/mol. The van der Waals surface area contributed by atoms with E-state index in [-0.39, 0.29) is 21.4 Å². The van der Waals surface area contributed by atoms with Gasteiger partial charge in [0.1, 0.15) is 11.6 Å². The number of anilines is 1. The summed E-state index contributed by atoms with van der Waals surface area (Å²) in [5.74, 6) is -1.77. The Morgan fingerprint density at radius 2 is 1.81 bits per heavy atom. The Kier molecular flexibility index (Phi) is 7.25. The van der Waals surface area contributed by atoms with E-state index in [2.05, 4.69) is 21.2 Å². The largest absolute Gasteiger partial charge is 0.479 e. The van der Waals surface area contributed by atoms with E-state index in [0.29, 0.717) is 11.3 Å². The Balaban J connectivity index is 2.23. The van der Waals surface area contributed by atoms with E-state index in [0.717, 1.165) is 4.47 Å². The zero-order chi connectivity index (χ0) is 20.0. The topological polar surface area (TPSA) is 99.4 Å². The molecule has 0 aliphatic rings. The molecule has 27 heavy (non-hydrogen) atoms. The maximum absolute atomic E-state index is 12.3. The summed E-state index contributed by atoms with van der Waals surface area (Å²) in [5.41, 5.74) is 0.747. The molecule has 0 saturated heterocycles. The standard InChI is InChI=1S/C18H11BrCl2N2O4/c19-12-1-3-13(4-2-12)23-18(26)11(8-22)5-10-6-14(20)17(15(21)7-10)27-9-16(24)25/h1-7H,9H2,(H,23,26)(H,24,25)/b11-5+. The van der Waals surface area contributed by atoms with E-state index in [1.807, 2.05) is 6.07 Å². The van der Waals surface area contributed by atoms with Crippen molar-refractivity contribution in [2.75, 3.05) is 11.9 Å². The maximum atomic E-state index is 12.3. The second-order valence-electron chi connectivity index (χ2n) is 5.13. The minimum Gasteiger partial charge on any atom is -0.479 e. The van der Waals surface area contributed by atoms with Gasteiger partial charge in [0, 0.05) is 10.2 Å². The van der Waals surface area contributed by atoms with Gasteiger partial charge in [-0.3, -0.25) is 4.79 Å². The lowest BCUT2D eigenvalue weighted by atomic mass is 10.1. The highest BCUT2D eigenvalue weighted by molar-refractivity contribution is 9.10. The lowest BCUT2D eigenvalue weighted by Crippen LogP contribution is -2.13. The molecule has 2 N–H and O–H groups in total. The van der Waals surface area contributed by atoms with Crippen molar-refractivity contribution in [2.24, 2.45) is 0 Å². The van der Waals surface area contributed by atoms with E-state index in [1.165, 1.54) is 18.2 Å². The van der Waals surface area contributed by atoms with Gasteiger partial charge in [0.05, 0.1) is 10.0 Å². The molecule has 2 rings (SSSR count). The van der Waals surface area contributed by atoms with Crippen molar-refractivity contribution in [2.45, 2.75) is 0 Å². The van der Waals surface area contributed by atoms with Crippen molar-refractivity contribution >= 4 is 62.8 Å². The van der Waals surface area contributed by atoms with E-state index in [4.69, 9.17) is 33.0 Å². The molecule has 138 valence electrons. The SMILES string of the molecule is N#C/C(=C\c1cc(Cl)c(OCC(=O)O)c(Cl)c1)C(=O)Nc1ccc(Br)cc1. The summed E-state index contributed by atoms with van der Waals surface area (Å²) in [6.07, 6.45) is 1.31. The third-order valence-corrected chi connectivity index (χ3v) is 4.23. The number of carboxylic acids is 1. The molecule has 6 nitrogen and oxygen atoms in total. The molecular weight excluding hydrogens is 459 g/mol. The summed E-state index contributed by atoms with van der Waals surface area (Å²) >= 11 is 15.4. The maximum Gasteiger partial charge on any atom is 0.341 e. The van der Waals surface area contributed by atoms with Crippen LogP contribution >= 0.6 is 39.1 Å². The van der Waals surface area contributed by atoms with Crippen LogP contribution in [0, 0.1) is 11.3 Å². The van der Waals surface area contributed by atoms with Crippen LogP contribution in [0.4, 0.5) is 5.69 Å². The number of carbonyl (C=O) groups is 2. The molecular formula is C18H11BrCl2N2O4. The predicted octanol–water partition coefficient (Wildman–Crippen LogP) is 4.76. The fraction of sp³-hybridized carbons (Fsp3) is 0.0556. The second kappa shape index (κ2) is 9.42. The number of halogens is 3. The van der Waals surface area contributed by atoms with Crippen LogP contribution in [0.25, 0.3) is 6.08 Å². The van der Waals surface area contributed by atoms with Crippen LogP contribution in [0.5, 0.6) is 5.75 Å². The normalized spacial score (nSPS) is 10.8. The number of nitrogens with one attached hydrogen (secondary N) is 1. The number of amides is 1. The Morgan fingerprint density at radius 3 is 2.33 bits per heavy atom. The van der Waals surface area contributed by atoms with Gasteiger partial charge in [-0.1, -0.05) is 39.1 Å². The van der Waals surface area contributed by atoms with Gasteiger partial charge in [-0.05, 0) is 48.0 Å². The Morgan fingerprint density at radius 1 is 1.22 bits per heavy atom. The monoisotopic (exact) mass is 468 g/mol. The number of aliphatic carboxylic acids is 1. The number of benzene rings is 2. The molecule has 0 bridgehead atoms. The first-order valence-corrected chi connectivity index (χ1v) is 8.87. The smallest absolute Gasteiger partial charge is 0.341 e. The third kappa shape index (κ3) is 6.00. The van der Waals surface area contributed by atoms with Gasteiger partial charge in [-0.25, -0.2) is 4.79 Å². The first-order valence-electron chi connectivity index (χ1n) is 7.32. The molecule has 0 heterocycles. The number of nitriles is 1. The number of hydrogen-bond donors (Lipinski definition) is 2. The fourth-order valence-corrected chi connectivity index (χ4v) is 2.86. The van der Waals surface area contributed by atoms with Gasteiger partial charge in [0.25, 0.3) is 5.91 Å². The summed E-state index contributed by atoms with van der Waals surface area (Å²) in [5, 5.41) is 20.7. The molecule has 0 spiro atoms. The molecule has 0 fully saturated rings. The quantitative estimate of drug-likeness (QED) is 0.469. The molecule has 0 unspecified atom stereocenters. The van der Waals surface area contributed by atoms with Gasteiger partial charge in [-0.2, -0.15) is 5.26 Å². The summed E-state index contributed by atoms with van der Waals surface area (Å²) < 4.78 is 5.87. The Bertz CT molecular complexity index is 930. The highest BCUT2D eigenvalue weighted by Crippen LogP contribution is 2.35. The minimum absolute atomic E-state index is 0.00991. The summed E-state index contributed by atoms with van der Waals surface area (Å²) in [4.78, 5) is 22.9. The van der Waals surface area contributed by atoms with Gasteiger partial charge >= 0.3 is 5.97 Å². The number of carbonyl (C=O) groups excluding carboxylic acids is 1. The van der Waals surface area contributed by atoms with Crippen LogP contribution < -0.4 is 10.1 Å². The molecule has 2 aromatic carbocycles. The average Bonchev–Trinajstić information content (AvgIpc) is 2.60. The minimum atomic E-state index is -1.18. The van der Waals surface area contributed by atoms with Crippen molar-refractivity contribution < 1.29 is 19.4 Å². The molecule has 1 amide bonds. The van der Waals surface area contributed by atoms with Crippen molar-refractivity contribution in [3.05, 3.63) is 62.1 Å². The number of hydrogen-bond acceptors (Lipinski definition) is 4. The highest BCUT2D eigenvalue weighted by Gasteiger charge is 2.14. The summed E-state index contributed by atoms with van der Waals surface area (Å²) in [6.45, 7) is -0.604. The molecule has 0 aromatic heterocycles. The van der Waals surface area contributed by atoms with Crippen LogP contribution in [-0.2, 0) is 9.59 Å². The van der Waals surface area contributed by atoms with Crippen molar-refractivity contribution in [1.29, 1.82) is 5.26 Å². The summed E-state index contributed by atoms with van der Waals surface area (Å²) in [6, 6.07) is 11.5. The first-order chi connectivity index (χ1) is 12.8. The molecule has 0 atom stereocenters. The molecule has 9 heteroatoms. The lowest BCUT2D eigenvalue weighted by molar-refractivity contribution is -0.139. The van der Waals surface area contributed by atoms with Gasteiger partial charge in [-0.15, -0.1) is 0 Å². The van der Waals surface area contributed by atoms with E-state index >= 15 is 0 Å². The molecule has 0 aliphatic heterocycles. The molecule has 0 radical (unpaired) electrons. The number of carboxylic acid groups (broad SMARTS) is 1. The van der Waals surface area contributed by atoms with Crippen LogP contribution in [-0.4, -0.2) is 23.6 Å². The van der Waals surface area contributed by atoms with Crippen molar-refractivity contribution in [3.63, 3.8) is 0 Å². The zero-order valence-corrected chi connectivity index (χ0v) is 16.6. The van der Waals surface area contributed by atoms with Crippen LogP contribution in [0.3, 0.4) is 0 Å². The Hall–Kier alpha value is -2.53. The number of rotatable bonds is 6. The predicted molar refractivity (Wildman–Crippen MR) is 106 cm³/mol. The Labute approximate surface area is 173 Å². The second-order valence-corrected chi connectivity index (χ2v) is 6.86. The highest BCUT2D eigenvalue weighted by atomic mass is 79.9. The van der Waals surface area contributed by atoms with E-state index < -0.39 is 18.5 Å². The van der Waals surface area contributed by atoms with E-state index in [9.17, 15) is 14.9 Å². The van der Waals surface area contributed by atoms with Crippen LogP contribution in [0.15, 0.2) is 46.4 Å². The molecule has 2 aromatic rings. The first kappa shape index (κ1) is 20.8. The van der Waals surface area contributed by atoms with E-state index in [1.54, 1.807) is 24.3 Å². The number of ether oxygens (including phenoxy) is 1. The van der Waals surface area contributed by atoms with Crippen molar-refractivity contribution in [1.82, 2.24) is 0 Å². The van der Waals surface area contributed by atoms with Crippen molar-refractivity contribution in [3.8, 4) is 11.8 Å².